The highest BCUT2D eigenvalue weighted by atomic mass is 32.1. The van der Waals surface area contributed by atoms with Crippen LogP contribution in [-0.2, 0) is 24.2 Å². The molecule has 1 fully saturated rings. The minimum absolute atomic E-state index is 0.00458. The lowest BCUT2D eigenvalue weighted by molar-refractivity contribution is -0.0391. The second-order valence-corrected chi connectivity index (χ2v) is 6.49. The fourth-order valence-electron chi connectivity index (χ4n) is 2.74. The third-order valence-electron chi connectivity index (χ3n) is 3.87. The SMILES string of the molecule is CCCc1nc(CN2CCO[C@H](c3nncn3CC)C2)cs1. The largest absolute Gasteiger partial charge is 0.368 e. The second-order valence-electron chi connectivity index (χ2n) is 5.55. The van der Waals surface area contributed by atoms with Crippen LogP contribution in [0.5, 0.6) is 0 Å². The van der Waals surface area contributed by atoms with Gasteiger partial charge in [0.1, 0.15) is 12.4 Å². The van der Waals surface area contributed by atoms with Gasteiger partial charge in [-0.25, -0.2) is 4.98 Å². The maximum Gasteiger partial charge on any atom is 0.163 e. The van der Waals surface area contributed by atoms with Gasteiger partial charge < -0.3 is 9.30 Å². The zero-order valence-corrected chi connectivity index (χ0v) is 14.1. The van der Waals surface area contributed by atoms with E-state index < -0.39 is 0 Å². The lowest BCUT2D eigenvalue weighted by atomic mass is 10.2. The lowest BCUT2D eigenvalue weighted by Gasteiger charge is -2.31. The molecule has 0 aromatic carbocycles. The molecule has 0 radical (unpaired) electrons. The molecule has 0 amide bonds. The van der Waals surface area contributed by atoms with Gasteiger partial charge in [0.2, 0.25) is 0 Å². The zero-order valence-electron chi connectivity index (χ0n) is 13.2. The normalized spacial score (nSPS) is 19.6. The first kappa shape index (κ1) is 15.6. The summed E-state index contributed by atoms with van der Waals surface area (Å²) in [5, 5.41) is 11.7. The Morgan fingerprint density at radius 2 is 2.32 bits per heavy atom. The minimum Gasteiger partial charge on any atom is -0.368 e. The molecule has 7 heteroatoms. The van der Waals surface area contributed by atoms with Crippen molar-refractivity contribution >= 4 is 11.3 Å². The van der Waals surface area contributed by atoms with Gasteiger partial charge in [-0.15, -0.1) is 21.5 Å². The first-order chi connectivity index (χ1) is 10.8. The Bertz CT molecular complexity index is 596. The van der Waals surface area contributed by atoms with E-state index in [0.29, 0.717) is 0 Å². The molecule has 1 saturated heterocycles. The number of hydrogen-bond acceptors (Lipinski definition) is 6. The van der Waals surface area contributed by atoms with Crippen molar-refractivity contribution in [1.29, 1.82) is 0 Å². The van der Waals surface area contributed by atoms with Crippen molar-refractivity contribution in [1.82, 2.24) is 24.6 Å². The average Bonchev–Trinajstić information content (AvgIpc) is 3.17. The highest BCUT2D eigenvalue weighted by Crippen LogP contribution is 2.22. The van der Waals surface area contributed by atoms with Crippen molar-refractivity contribution in [2.75, 3.05) is 19.7 Å². The van der Waals surface area contributed by atoms with Crippen LogP contribution < -0.4 is 0 Å². The molecule has 2 aromatic heterocycles. The maximum absolute atomic E-state index is 5.89. The Balaban J connectivity index is 1.62. The maximum atomic E-state index is 5.89. The molecule has 1 atom stereocenters. The van der Waals surface area contributed by atoms with Crippen LogP contribution in [0.1, 0.15) is 42.9 Å². The van der Waals surface area contributed by atoms with Crippen LogP contribution >= 0.6 is 11.3 Å². The fourth-order valence-corrected chi connectivity index (χ4v) is 3.63. The summed E-state index contributed by atoms with van der Waals surface area (Å²) in [4.78, 5) is 7.11. The molecule has 2 aromatic rings. The molecular weight excluding hydrogens is 298 g/mol. The summed E-state index contributed by atoms with van der Waals surface area (Å²) in [6.45, 7) is 8.56. The van der Waals surface area contributed by atoms with Crippen molar-refractivity contribution in [3.63, 3.8) is 0 Å². The van der Waals surface area contributed by atoms with Crippen molar-refractivity contribution in [2.45, 2.75) is 45.9 Å². The number of aryl methyl sites for hydroxylation is 2. The number of thiazole rings is 1. The number of nitrogens with zero attached hydrogens (tertiary/aromatic N) is 5. The Morgan fingerprint density at radius 1 is 1.41 bits per heavy atom. The van der Waals surface area contributed by atoms with Gasteiger partial charge in [-0.1, -0.05) is 6.92 Å². The van der Waals surface area contributed by atoms with Crippen LogP contribution in [0.25, 0.3) is 0 Å². The van der Waals surface area contributed by atoms with E-state index in [4.69, 9.17) is 9.72 Å². The molecule has 0 bridgehead atoms. The predicted molar refractivity (Wildman–Crippen MR) is 85.8 cm³/mol. The van der Waals surface area contributed by atoms with Crippen LogP contribution in [0.4, 0.5) is 0 Å². The van der Waals surface area contributed by atoms with E-state index >= 15 is 0 Å². The van der Waals surface area contributed by atoms with Gasteiger partial charge in [0, 0.05) is 31.6 Å². The van der Waals surface area contributed by atoms with Gasteiger partial charge in [0.15, 0.2) is 5.82 Å². The molecule has 0 aliphatic carbocycles. The molecular formula is C15H23N5OS. The third-order valence-corrected chi connectivity index (χ3v) is 4.83. The van der Waals surface area contributed by atoms with Crippen molar-refractivity contribution in [2.24, 2.45) is 0 Å². The quantitative estimate of drug-likeness (QED) is 0.817. The molecule has 1 aliphatic rings. The summed E-state index contributed by atoms with van der Waals surface area (Å²) in [7, 11) is 0. The molecule has 0 unspecified atom stereocenters. The predicted octanol–water partition coefficient (Wildman–Crippen LogP) is 2.28. The molecule has 3 heterocycles. The number of rotatable bonds is 6. The second kappa shape index (κ2) is 7.30. The molecule has 0 N–H and O–H groups in total. The summed E-state index contributed by atoms with van der Waals surface area (Å²) < 4.78 is 7.95. The summed E-state index contributed by atoms with van der Waals surface area (Å²) in [6, 6.07) is 0. The zero-order chi connectivity index (χ0) is 15.4. The van der Waals surface area contributed by atoms with Gasteiger partial charge in [-0.3, -0.25) is 4.90 Å². The highest BCUT2D eigenvalue weighted by molar-refractivity contribution is 7.09. The third kappa shape index (κ3) is 3.53. The van der Waals surface area contributed by atoms with Gasteiger partial charge >= 0.3 is 0 Å². The highest BCUT2D eigenvalue weighted by Gasteiger charge is 2.26. The first-order valence-electron chi connectivity index (χ1n) is 7.95. The lowest BCUT2D eigenvalue weighted by Crippen LogP contribution is -2.38. The van der Waals surface area contributed by atoms with Crippen LogP contribution in [0.2, 0.25) is 0 Å². The van der Waals surface area contributed by atoms with Crippen molar-refractivity contribution < 1.29 is 4.74 Å². The van der Waals surface area contributed by atoms with Crippen LogP contribution in [0, 0.1) is 0 Å². The molecule has 0 spiro atoms. The fraction of sp³-hybridized carbons (Fsp3) is 0.667. The number of aromatic nitrogens is 4. The van der Waals surface area contributed by atoms with Crippen LogP contribution in [0.3, 0.4) is 0 Å². The summed E-state index contributed by atoms with van der Waals surface area (Å²) in [5.41, 5.74) is 1.17. The van der Waals surface area contributed by atoms with E-state index in [-0.39, 0.29) is 6.10 Å². The monoisotopic (exact) mass is 321 g/mol. The smallest absolute Gasteiger partial charge is 0.163 e. The molecule has 22 heavy (non-hydrogen) atoms. The Labute approximate surface area is 135 Å². The minimum atomic E-state index is 0.00458. The number of hydrogen-bond donors (Lipinski definition) is 0. The van der Waals surface area contributed by atoms with E-state index in [9.17, 15) is 0 Å². The molecule has 120 valence electrons. The Morgan fingerprint density at radius 3 is 3.14 bits per heavy atom. The standard InChI is InChI=1S/C15H23N5OS/c1-3-5-14-17-12(10-22-14)8-19-6-7-21-13(9-19)15-18-16-11-20(15)4-2/h10-11,13H,3-9H2,1-2H3/t13-/m0/s1. The number of ether oxygens (including phenoxy) is 1. The van der Waals surface area contributed by atoms with Crippen LogP contribution in [0.15, 0.2) is 11.7 Å². The average molecular weight is 321 g/mol. The van der Waals surface area contributed by atoms with E-state index in [2.05, 4.69) is 38.9 Å². The summed E-state index contributed by atoms with van der Waals surface area (Å²) >= 11 is 1.77. The topological polar surface area (TPSA) is 56.1 Å². The van der Waals surface area contributed by atoms with E-state index in [1.54, 1.807) is 17.7 Å². The van der Waals surface area contributed by atoms with Gasteiger partial charge in [-0.2, -0.15) is 0 Å². The summed E-state index contributed by atoms with van der Waals surface area (Å²) in [6.07, 6.45) is 4.01. The number of morpholine rings is 1. The van der Waals surface area contributed by atoms with Gasteiger partial charge in [0.05, 0.1) is 17.3 Å². The summed E-state index contributed by atoms with van der Waals surface area (Å²) in [5.74, 6) is 0.928. The van der Waals surface area contributed by atoms with Crippen LogP contribution in [-0.4, -0.2) is 44.3 Å². The molecule has 1 aliphatic heterocycles. The Hall–Kier alpha value is -1.31. The van der Waals surface area contributed by atoms with E-state index in [1.807, 2.05) is 0 Å². The molecule has 3 rings (SSSR count). The Kier molecular flexibility index (Phi) is 5.17. The first-order valence-corrected chi connectivity index (χ1v) is 8.83. The van der Waals surface area contributed by atoms with Crippen molar-refractivity contribution in [3.8, 4) is 0 Å². The van der Waals surface area contributed by atoms with Crippen molar-refractivity contribution in [3.05, 3.63) is 28.2 Å². The molecule has 6 nitrogen and oxygen atoms in total. The molecule has 0 saturated carbocycles. The van der Waals surface area contributed by atoms with Gasteiger partial charge in [-0.05, 0) is 19.8 Å². The van der Waals surface area contributed by atoms with E-state index in [1.165, 1.54) is 10.7 Å². The van der Waals surface area contributed by atoms with Gasteiger partial charge in [0.25, 0.3) is 0 Å². The van der Waals surface area contributed by atoms with E-state index in [0.717, 1.165) is 51.5 Å².